The number of para-hydroxylation sites is 3. The molecule has 3 aromatic carbocycles. The Hall–Kier alpha value is -6.88. The van der Waals surface area contributed by atoms with Crippen LogP contribution in [0.3, 0.4) is 0 Å². The predicted molar refractivity (Wildman–Crippen MR) is 406 cm³/mol. The summed E-state index contributed by atoms with van der Waals surface area (Å²) in [5, 5.41) is 10.1. The molecule has 0 saturated heterocycles. The average Bonchev–Trinajstić information content (AvgIpc) is 1.72. The lowest BCUT2D eigenvalue weighted by Crippen LogP contribution is -2.01. The minimum atomic E-state index is 0.588. The molecule has 0 aliphatic carbocycles. The van der Waals surface area contributed by atoms with E-state index in [1.807, 2.05) is 108 Å². The molecular weight excluding hydrogens is 1290 g/mol. The van der Waals surface area contributed by atoms with E-state index in [2.05, 4.69) is 117 Å². The van der Waals surface area contributed by atoms with Gasteiger partial charge in [0.2, 0.25) is 0 Å². The molecule has 99 heavy (non-hydrogen) atoms. The third kappa shape index (κ3) is 39.1. The second-order valence-electron chi connectivity index (χ2n) is 22.3. The van der Waals surface area contributed by atoms with Crippen LogP contribution in [0, 0.1) is 20.8 Å². The molecule has 0 aliphatic heterocycles. The monoisotopic (exact) mass is 1400 g/mol. The van der Waals surface area contributed by atoms with Crippen molar-refractivity contribution in [1.29, 1.82) is 0 Å². The predicted octanol–water partition coefficient (Wildman–Crippen LogP) is 21.9. The molecule has 0 saturated carbocycles. The van der Waals surface area contributed by atoms with Gasteiger partial charge >= 0.3 is 0 Å². The number of aromatic amines is 2. The van der Waals surface area contributed by atoms with Crippen LogP contribution in [0.2, 0.25) is 0 Å². The van der Waals surface area contributed by atoms with E-state index in [0.717, 1.165) is 151 Å². The maximum absolute atomic E-state index is 5.52. The lowest BCUT2D eigenvalue weighted by atomic mass is 10.2. The largest absolute Gasteiger partial charge is 0.472 e. The smallest absolute Gasteiger partial charge is 0.134 e. The van der Waals surface area contributed by atoms with Crippen LogP contribution in [0.15, 0.2) is 181 Å². The average molecular weight is 1410 g/mol. The number of methoxy groups -OCH3 is 1. The molecule has 0 aliphatic rings. The molecule has 0 amide bonds. The highest BCUT2D eigenvalue weighted by atomic mass is 32.1. The van der Waals surface area contributed by atoms with Gasteiger partial charge in [-0.05, 0) is 162 Å². The zero-order chi connectivity index (χ0) is 71.6. The second kappa shape index (κ2) is 57.8. The fourth-order valence-electron chi connectivity index (χ4n) is 8.62. The lowest BCUT2D eigenvalue weighted by molar-refractivity contribution is 0.0710. The number of aromatic nitrogens is 2. The van der Waals surface area contributed by atoms with Crippen LogP contribution >= 0.6 is 22.7 Å². The summed E-state index contributed by atoms with van der Waals surface area (Å²) < 4.78 is 72.8. The SMILES string of the molecule is CCCOCCOC.CCCOCc1c[nH]c2ccccc12.CCCOCc1ccoc1.CCCOCc1coc2ccccc12.CCCOCc1cscc1C.CCOCc1c[nH]c2ccccc12.CCOCc1ccc(C)o1.CCOCc1ccoc1.CCOCc1csc(C)c1. The molecule has 546 valence electrons. The molecular formula is C81H116N2O14S2. The number of furan rings is 4. The summed E-state index contributed by atoms with van der Waals surface area (Å²) in [5.41, 5.74) is 13.1. The standard InChI is InChI=1S/C12H15NO.C12H14O2.C11H13NO.C9H14OS.2C8H12O2.C8H12OS.C7H10O2.C6H14O2/c1-2-7-14-9-10-8-13-12-6-4-3-5-11(10)12;1-2-7-13-8-10-9-14-12-6-4-3-5-11(10)12;1-2-13-8-9-7-12-11-6-4-3-5-10(9)11;1-3-4-10-5-9-7-11-6-8(9)2;1-3-9-6-8-5-4-7(2)10-8;1-2-4-9-6-8-3-5-10-7-8;1-3-9-5-8-4-7(2)10-6-8;1-2-8-5-7-3-4-9-6-7;1-3-4-8-6-5-7-2/h3-6,8,13H,2,7,9H2,1H3;3-6,9H,2,7-8H2,1H3;3-7,12H,2,8H2,1H3;6-7H,3-5H2,1-2H3;4-5H,3,6H2,1-2H3;3,5,7H,2,4,6H2,1H3;4,6H,3,5H2,1-2H3;3-4,6H,2,5H2,1H3;3-6H2,1-2H3. The first-order valence-corrected chi connectivity index (χ1v) is 36.7. The fraction of sp³-hybridized carbons (Fsp3) is 0.457. The van der Waals surface area contributed by atoms with Gasteiger partial charge in [-0.2, -0.15) is 11.3 Å². The van der Waals surface area contributed by atoms with Crippen molar-refractivity contribution in [1.82, 2.24) is 9.97 Å². The fourth-order valence-corrected chi connectivity index (χ4v) is 10.2. The summed E-state index contributed by atoms with van der Waals surface area (Å²) in [6, 6.07) is 34.4. The number of fused-ring (bicyclic) bond motifs is 3. The molecule has 8 heterocycles. The maximum atomic E-state index is 5.52. The van der Waals surface area contributed by atoms with Crippen LogP contribution in [0.1, 0.15) is 155 Å². The number of thiophene rings is 2. The van der Waals surface area contributed by atoms with Crippen molar-refractivity contribution < 1.29 is 65.0 Å². The van der Waals surface area contributed by atoms with E-state index in [0.29, 0.717) is 46.2 Å². The number of benzene rings is 3. The van der Waals surface area contributed by atoms with Crippen LogP contribution in [-0.2, 0) is 100 Å². The Bertz CT molecular complexity index is 3410. The molecule has 2 N–H and O–H groups in total. The number of nitrogens with one attached hydrogen (secondary N) is 2. The number of hydrogen-bond donors (Lipinski definition) is 2. The Kier molecular flexibility index (Phi) is 50.4. The highest BCUT2D eigenvalue weighted by molar-refractivity contribution is 7.10. The minimum absolute atomic E-state index is 0.588. The van der Waals surface area contributed by atoms with Gasteiger partial charge in [0, 0.05) is 139 Å². The Labute approximate surface area is 598 Å². The van der Waals surface area contributed by atoms with Crippen molar-refractivity contribution in [2.24, 2.45) is 0 Å². The van der Waals surface area contributed by atoms with Crippen molar-refractivity contribution >= 4 is 55.4 Å². The third-order valence-electron chi connectivity index (χ3n) is 13.7. The van der Waals surface area contributed by atoms with E-state index in [1.54, 1.807) is 61.1 Å². The van der Waals surface area contributed by atoms with Crippen molar-refractivity contribution in [3.8, 4) is 0 Å². The van der Waals surface area contributed by atoms with E-state index in [4.69, 9.17) is 65.0 Å². The summed E-state index contributed by atoms with van der Waals surface area (Å²) >= 11 is 3.52. The number of H-pyrrole nitrogens is 2. The maximum Gasteiger partial charge on any atom is 0.134 e. The molecule has 0 fully saturated rings. The Morgan fingerprint density at radius 3 is 1.33 bits per heavy atom. The van der Waals surface area contributed by atoms with Crippen LogP contribution in [-0.4, -0.2) is 89.8 Å². The van der Waals surface area contributed by atoms with Crippen LogP contribution < -0.4 is 0 Å². The number of aryl methyl sites for hydroxylation is 3. The Morgan fingerprint density at radius 2 is 0.859 bits per heavy atom. The summed E-state index contributed by atoms with van der Waals surface area (Å²) in [5.74, 6) is 1.84. The van der Waals surface area contributed by atoms with E-state index >= 15 is 0 Å². The van der Waals surface area contributed by atoms with E-state index < -0.39 is 0 Å². The van der Waals surface area contributed by atoms with Gasteiger partial charge in [-0.25, -0.2) is 0 Å². The van der Waals surface area contributed by atoms with Crippen LogP contribution in [0.4, 0.5) is 0 Å². The molecule has 0 radical (unpaired) electrons. The second-order valence-corrected chi connectivity index (χ2v) is 24.1. The molecule has 0 spiro atoms. The summed E-state index contributed by atoms with van der Waals surface area (Å²) in [4.78, 5) is 7.81. The van der Waals surface area contributed by atoms with Gasteiger partial charge < -0.3 is 75.0 Å². The van der Waals surface area contributed by atoms with E-state index in [-0.39, 0.29) is 0 Å². The normalized spacial score (nSPS) is 10.4. The molecule has 0 unspecified atom stereocenters. The summed E-state index contributed by atoms with van der Waals surface area (Å²) in [6.45, 7) is 38.8. The Balaban J connectivity index is 0.000000292. The van der Waals surface area contributed by atoms with Crippen molar-refractivity contribution in [3.63, 3.8) is 0 Å². The highest BCUT2D eigenvalue weighted by Gasteiger charge is 2.06. The van der Waals surface area contributed by atoms with E-state index in [1.165, 1.54) is 54.5 Å². The van der Waals surface area contributed by atoms with Crippen molar-refractivity contribution in [2.45, 2.75) is 168 Å². The van der Waals surface area contributed by atoms with Crippen LogP contribution in [0.25, 0.3) is 32.8 Å². The molecule has 0 bridgehead atoms. The van der Waals surface area contributed by atoms with Gasteiger partial charge in [0.05, 0.1) is 90.8 Å². The first-order chi connectivity index (χ1) is 48.5. The number of rotatable bonds is 33. The van der Waals surface area contributed by atoms with Crippen molar-refractivity contribution in [3.05, 3.63) is 224 Å². The van der Waals surface area contributed by atoms with Gasteiger partial charge in [-0.15, -0.1) is 11.3 Å². The highest BCUT2D eigenvalue weighted by Crippen LogP contribution is 2.23. The minimum Gasteiger partial charge on any atom is -0.472 e. The van der Waals surface area contributed by atoms with Crippen molar-refractivity contribution in [2.75, 3.05) is 79.8 Å². The first kappa shape index (κ1) is 86.3. The number of hydrogen-bond acceptors (Lipinski definition) is 16. The Morgan fingerprint density at radius 1 is 0.394 bits per heavy atom. The van der Waals surface area contributed by atoms with Gasteiger partial charge in [-0.3, -0.25) is 0 Å². The van der Waals surface area contributed by atoms with Gasteiger partial charge in [0.1, 0.15) is 23.7 Å². The molecule has 16 nitrogen and oxygen atoms in total. The van der Waals surface area contributed by atoms with E-state index in [9.17, 15) is 0 Å². The molecule has 0 atom stereocenters. The van der Waals surface area contributed by atoms with Crippen LogP contribution in [0.5, 0.6) is 0 Å². The molecule has 18 heteroatoms. The summed E-state index contributed by atoms with van der Waals surface area (Å²) in [6.07, 6.45) is 17.9. The molecule has 11 rings (SSSR count). The molecule has 11 aromatic rings. The first-order valence-electron chi connectivity index (χ1n) is 34.9. The lowest BCUT2D eigenvalue weighted by Gasteiger charge is -2.00. The quantitative estimate of drug-likeness (QED) is 0.0372. The molecule has 8 aromatic heterocycles. The topological polar surface area (TPSA) is 176 Å². The zero-order valence-corrected chi connectivity index (χ0v) is 63.2. The zero-order valence-electron chi connectivity index (χ0n) is 61.6. The van der Waals surface area contributed by atoms with Gasteiger partial charge in [0.15, 0.2) is 0 Å². The van der Waals surface area contributed by atoms with Gasteiger partial charge in [-0.1, -0.05) is 89.2 Å². The number of ether oxygens (including phenoxy) is 10. The third-order valence-corrected chi connectivity index (χ3v) is 15.5. The van der Waals surface area contributed by atoms with Gasteiger partial charge in [0.25, 0.3) is 0 Å². The summed E-state index contributed by atoms with van der Waals surface area (Å²) in [7, 11) is 1.68.